The van der Waals surface area contributed by atoms with Gasteiger partial charge in [-0.15, -0.1) is 0 Å². The van der Waals surface area contributed by atoms with Gasteiger partial charge in [-0.25, -0.2) is 0 Å². The Bertz CT molecular complexity index is 756. The first-order chi connectivity index (χ1) is 12.1. The smallest absolute Gasteiger partial charge is 0.309 e. The van der Waals surface area contributed by atoms with Gasteiger partial charge in [0, 0.05) is 5.92 Å². The largest absolute Gasteiger partial charge is 0.508 e. The molecule has 25 heavy (non-hydrogen) atoms. The Morgan fingerprint density at radius 1 is 1.04 bits per heavy atom. The van der Waals surface area contributed by atoms with Crippen LogP contribution in [0.3, 0.4) is 0 Å². The van der Waals surface area contributed by atoms with Gasteiger partial charge in [-0.05, 0) is 48.2 Å². The third-order valence-electron chi connectivity index (χ3n) is 4.62. The molecule has 2 aromatic carbocycles. The Kier molecular flexibility index (Phi) is 5.12. The number of phenolic OH excluding ortho intramolecular Hbond substituents is 1. The van der Waals surface area contributed by atoms with E-state index in [0.717, 1.165) is 17.5 Å². The first kappa shape index (κ1) is 17.1. The van der Waals surface area contributed by atoms with E-state index in [4.69, 9.17) is 14.2 Å². The van der Waals surface area contributed by atoms with Crippen LogP contribution in [0.5, 0.6) is 17.2 Å². The number of carbonyl (C=O) groups excluding carboxylic acids is 1. The first-order valence-electron chi connectivity index (χ1n) is 8.26. The molecule has 0 saturated carbocycles. The summed E-state index contributed by atoms with van der Waals surface area (Å²) in [6, 6.07) is 12.8. The molecule has 0 aromatic heterocycles. The van der Waals surface area contributed by atoms with E-state index in [1.54, 1.807) is 32.4 Å². The number of benzene rings is 2. The van der Waals surface area contributed by atoms with Gasteiger partial charge < -0.3 is 19.3 Å². The molecule has 1 fully saturated rings. The number of hydrogen-bond donors (Lipinski definition) is 1. The van der Waals surface area contributed by atoms with Crippen LogP contribution in [0.4, 0.5) is 0 Å². The molecule has 0 bridgehead atoms. The minimum Gasteiger partial charge on any atom is -0.508 e. The van der Waals surface area contributed by atoms with Crippen molar-refractivity contribution in [3.63, 3.8) is 0 Å². The quantitative estimate of drug-likeness (QED) is 0.818. The van der Waals surface area contributed by atoms with Crippen molar-refractivity contribution in [3.05, 3.63) is 53.6 Å². The average molecular weight is 342 g/mol. The van der Waals surface area contributed by atoms with Crippen molar-refractivity contribution in [1.29, 1.82) is 0 Å². The van der Waals surface area contributed by atoms with Crippen LogP contribution in [-0.4, -0.2) is 31.9 Å². The zero-order chi connectivity index (χ0) is 17.8. The first-order valence-corrected chi connectivity index (χ1v) is 8.26. The molecule has 0 amide bonds. The lowest BCUT2D eigenvalue weighted by Crippen LogP contribution is -2.20. The highest BCUT2D eigenvalue weighted by molar-refractivity contribution is 5.75. The average Bonchev–Trinajstić information content (AvgIpc) is 2.95. The Morgan fingerprint density at radius 3 is 2.52 bits per heavy atom. The van der Waals surface area contributed by atoms with E-state index in [9.17, 15) is 9.90 Å². The summed E-state index contributed by atoms with van der Waals surface area (Å²) in [4.78, 5) is 12.2. The Morgan fingerprint density at radius 2 is 1.80 bits per heavy atom. The fourth-order valence-electron chi connectivity index (χ4n) is 3.30. The third kappa shape index (κ3) is 3.87. The summed E-state index contributed by atoms with van der Waals surface area (Å²) in [5, 5.41) is 9.62. The minimum absolute atomic E-state index is 0.0907. The molecule has 1 N–H and O–H groups in total. The fraction of sp³-hybridized carbons (Fsp3) is 0.350. The lowest BCUT2D eigenvalue weighted by Gasteiger charge is -2.16. The molecule has 0 aliphatic carbocycles. The van der Waals surface area contributed by atoms with E-state index in [-0.39, 0.29) is 23.6 Å². The molecule has 1 aliphatic rings. The maximum atomic E-state index is 12.2. The Labute approximate surface area is 147 Å². The summed E-state index contributed by atoms with van der Waals surface area (Å²) in [5.74, 6) is 1.27. The molecule has 0 unspecified atom stereocenters. The number of cyclic esters (lactones) is 1. The molecule has 5 nitrogen and oxygen atoms in total. The zero-order valence-electron chi connectivity index (χ0n) is 14.4. The van der Waals surface area contributed by atoms with E-state index < -0.39 is 0 Å². The van der Waals surface area contributed by atoms with Gasteiger partial charge in [-0.3, -0.25) is 4.79 Å². The molecular formula is C20H22O5. The van der Waals surface area contributed by atoms with Crippen molar-refractivity contribution in [1.82, 2.24) is 0 Å². The van der Waals surface area contributed by atoms with E-state index in [1.165, 1.54) is 0 Å². The number of rotatable bonds is 6. The maximum Gasteiger partial charge on any atom is 0.309 e. The van der Waals surface area contributed by atoms with Gasteiger partial charge in [0.15, 0.2) is 11.5 Å². The molecule has 0 spiro atoms. The molecule has 2 atom stereocenters. The number of phenols is 1. The zero-order valence-corrected chi connectivity index (χ0v) is 14.4. The predicted octanol–water partition coefficient (Wildman–Crippen LogP) is 2.98. The number of ether oxygens (including phenoxy) is 3. The Balaban J connectivity index is 1.75. The Hall–Kier alpha value is -2.69. The molecule has 2 aromatic rings. The van der Waals surface area contributed by atoms with Crippen LogP contribution in [0.1, 0.15) is 11.1 Å². The summed E-state index contributed by atoms with van der Waals surface area (Å²) in [5.41, 5.74) is 2.00. The third-order valence-corrected chi connectivity index (χ3v) is 4.62. The van der Waals surface area contributed by atoms with Gasteiger partial charge in [0.05, 0.1) is 26.7 Å². The van der Waals surface area contributed by atoms with Crippen molar-refractivity contribution < 1.29 is 24.1 Å². The van der Waals surface area contributed by atoms with Crippen molar-refractivity contribution in [2.45, 2.75) is 12.8 Å². The molecule has 0 radical (unpaired) electrons. The molecular weight excluding hydrogens is 320 g/mol. The van der Waals surface area contributed by atoms with Crippen molar-refractivity contribution in [2.75, 3.05) is 20.8 Å². The summed E-state index contributed by atoms with van der Waals surface area (Å²) in [7, 11) is 3.21. The van der Waals surface area contributed by atoms with Crippen LogP contribution in [-0.2, 0) is 22.4 Å². The highest BCUT2D eigenvalue weighted by Crippen LogP contribution is 2.33. The van der Waals surface area contributed by atoms with Crippen molar-refractivity contribution >= 4 is 5.97 Å². The maximum absolute atomic E-state index is 12.2. The number of methoxy groups -OCH3 is 2. The second kappa shape index (κ2) is 7.47. The van der Waals surface area contributed by atoms with Crippen LogP contribution in [0, 0.1) is 11.8 Å². The normalized spacial score (nSPS) is 19.5. The van der Waals surface area contributed by atoms with E-state index in [2.05, 4.69) is 0 Å². The highest BCUT2D eigenvalue weighted by Gasteiger charge is 2.36. The van der Waals surface area contributed by atoms with Gasteiger partial charge in [0.1, 0.15) is 5.75 Å². The summed E-state index contributed by atoms with van der Waals surface area (Å²) in [6.45, 7) is 0.413. The molecule has 132 valence electrons. The lowest BCUT2D eigenvalue weighted by atomic mass is 9.85. The minimum atomic E-state index is -0.213. The lowest BCUT2D eigenvalue weighted by molar-refractivity contribution is -0.141. The SMILES string of the molecule is COc1ccc(C[C@@H]2COC(=O)[C@H]2Cc2cccc(O)c2)cc1OC. The molecule has 1 saturated heterocycles. The van der Waals surface area contributed by atoms with Crippen LogP contribution < -0.4 is 9.47 Å². The number of esters is 1. The van der Waals surface area contributed by atoms with E-state index in [0.29, 0.717) is 24.5 Å². The second-order valence-corrected chi connectivity index (χ2v) is 6.26. The summed E-state index contributed by atoms with van der Waals surface area (Å²) >= 11 is 0. The van der Waals surface area contributed by atoms with Crippen LogP contribution >= 0.6 is 0 Å². The van der Waals surface area contributed by atoms with Crippen LogP contribution in [0.25, 0.3) is 0 Å². The number of aromatic hydroxyl groups is 1. The number of carbonyl (C=O) groups is 1. The molecule has 3 rings (SSSR count). The monoisotopic (exact) mass is 342 g/mol. The van der Waals surface area contributed by atoms with Gasteiger partial charge in [0.2, 0.25) is 0 Å². The predicted molar refractivity (Wildman–Crippen MR) is 93.0 cm³/mol. The van der Waals surface area contributed by atoms with Crippen molar-refractivity contribution in [3.8, 4) is 17.2 Å². The second-order valence-electron chi connectivity index (χ2n) is 6.26. The standard InChI is InChI=1S/C20H22O5/c1-23-18-7-6-14(11-19(18)24-2)8-15-12-25-20(22)17(15)10-13-4-3-5-16(21)9-13/h3-7,9,11,15,17,21H,8,10,12H2,1-2H3/t15-,17+/m1/s1. The van der Waals surface area contributed by atoms with Crippen molar-refractivity contribution in [2.24, 2.45) is 11.8 Å². The fourth-order valence-corrected chi connectivity index (χ4v) is 3.30. The van der Waals surface area contributed by atoms with Crippen LogP contribution in [0.2, 0.25) is 0 Å². The molecule has 5 heteroatoms. The van der Waals surface area contributed by atoms with E-state index in [1.807, 2.05) is 24.3 Å². The topological polar surface area (TPSA) is 65.0 Å². The van der Waals surface area contributed by atoms with Gasteiger partial charge in [0.25, 0.3) is 0 Å². The summed E-state index contributed by atoms with van der Waals surface area (Å²) < 4.78 is 15.9. The van der Waals surface area contributed by atoms with Gasteiger partial charge in [-0.1, -0.05) is 18.2 Å². The molecule has 1 heterocycles. The van der Waals surface area contributed by atoms with Crippen LogP contribution in [0.15, 0.2) is 42.5 Å². The summed E-state index contributed by atoms with van der Waals surface area (Å²) in [6.07, 6.45) is 1.28. The van der Waals surface area contributed by atoms with Gasteiger partial charge >= 0.3 is 5.97 Å². The van der Waals surface area contributed by atoms with E-state index >= 15 is 0 Å². The van der Waals surface area contributed by atoms with Gasteiger partial charge in [-0.2, -0.15) is 0 Å². The number of hydrogen-bond acceptors (Lipinski definition) is 5. The molecule has 1 aliphatic heterocycles. The highest BCUT2D eigenvalue weighted by atomic mass is 16.5.